The lowest BCUT2D eigenvalue weighted by Crippen LogP contribution is -2.63. The number of pyridine rings is 1. The Bertz CT molecular complexity index is 1140. The van der Waals surface area contributed by atoms with Crippen LogP contribution in [0, 0.1) is 0 Å². The van der Waals surface area contributed by atoms with Gasteiger partial charge in [0.1, 0.15) is 11.4 Å². The molecule has 1 aromatic heterocycles. The van der Waals surface area contributed by atoms with Crippen LogP contribution in [-0.4, -0.2) is 22.8 Å². The van der Waals surface area contributed by atoms with Gasteiger partial charge in [-0.15, -0.1) is 0 Å². The van der Waals surface area contributed by atoms with Crippen molar-refractivity contribution in [1.29, 1.82) is 0 Å². The smallest absolute Gasteiger partial charge is 0.433 e. The fourth-order valence-electron chi connectivity index (χ4n) is 4.25. The van der Waals surface area contributed by atoms with Gasteiger partial charge in [0.2, 0.25) is 0 Å². The second kappa shape index (κ2) is 10.3. The zero-order chi connectivity index (χ0) is 28.7. The third-order valence-corrected chi connectivity index (χ3v) is 6.06. The number of amides is 1. The number of anilines is 1. The Morgan fingerprint density at radius 2 is 1.58 bits per heavy atom. The molecule has 1 aliphatic rings. The summed E-state index contributed by atoms with van der Waals surface area (Å²) in [5.41, 5.74) is -5.99. The van der Waals surface area contributed by atoms with Gasteiger partial charge in [-0.3, -0.25) is 10.2 Å². The molecule has 2 heterocycles. The minimum atomic E-state index is -5.04. The van der Waals surface area contributed by atoms with Crippen molar-refractivity contribution in [2.45, 2.75) is 76.9 Å². The molecule has 1 unspecified atom stereocenters. The highest BCUT2D eigenvalue weighted by molar-refractivity contribution is 5.90. The van der Waals surface area contributed by atoms with Crippen molar-refractivity contribution in [3.63, 3.8) is 0 Å². The van der Waals surface area contributed by atoms with Crippen LogP contribution in [0.3, 0.4) is 0 Å². The van der Waals surface area contributed by atoms with E-state index >= 15 is 0 Å². The average Bonchev–Trinajstić information content (AvgIpc) is 2.79. The van der Waals surface area contributed by atoms with Gasteiger partial charge in [0.25, 0.3) is 0 Å². The van der Waals surface area contributed by atoms with Crippen LogP contribution in [-0.2, 0) is 36.2 Å². The highest BCUT2D eigenvalue weighted by atomic mass is 19.4. The van der Waals surface area contributed by atoms with Crippen LogP contribution in [0.25, 0.3) is 0 Å². The van der Waals surface area contributed by atoms with Crippen LogP contribution in [0.1, 0.15) is 61.7 Å². The zero-order valence-corrected chi connectivity index (χ0v) is 20.4. The number of rotatable bonds is 5. The van der Waals surface area contributed by atoms with Gasteiger partial charge in [0.15, 0.2) is 0 Å². The van der Waals surface area contributed by atoms with E-state index in [4.69, 9.17) is 4.74 Å². The highest BCUT2D eigenvalue weighted by Crippen LogP contribution is 2.41. The SMILES string of the molecule is CCC1(NCc2cc(C(F)(F)F)cc(C(F)(F)F)c2)CCc2nc(C(F)(F)F)ccc2N1C(=O)OC(C)C. The van der Waals surface area contributed by atoms with E-state index in [0.717, 1.165) is 11.0 Å². The summed E-state index contributed by atoms with van der Waals surface area (Å²) in [7, 11) is 0. The monoisotopic (exact) mass is 557 g/mol. The van der Waals surface area contributed by atoms with E-state index < -0.39 is 59.8 Å². The molecule has 0 saturated heterocycles. The van der Waals surface area contributed by atoms with Crippen LogP contribution < -0.4 is 10.2 Å². The summed E-state index contributed by atoms with van der Waals surface area (Å²) in [4.78, 5) is 17.8. The summed E-state index contributed by atoms with van der Waals surface area (Å²) in [6.07, 6.45) is -16.4. The summed E-state index contributed by atoms with van der Waals surface area (Å²) < 4.78 is 125. The van der Waals surface area contributed by atoms with E-state index in [0.29, 0.717) is 18.2 Å². The number of carbonyl (C=O) groups excluding carboxylic acids is 1. The van der Waals surface area contributed by atoms with Gasteiger partial charge in [-0.05, 0) is 69.0 Å². The lowest BCUT2D eigenvalue weighted by atomic mass is 9.90. The molecule has 14 heteroatoms. The Kier molecular flexibility index (Phi) is 7.98. The zero-order valence-electron chi connectivity index (χ0n) is 20.4. The first-order valence-electron chi connectivity index (χ1n) is 11.5. The van der Waals surface area contributed by atoms with Crippen LogP contribution in [0.2, 0.25) is 0 Å². The molecule has 0 bridgehead atoms. The van der Waals surface area contributed by atoms with E-state index in [-0.39, 0.29) is 42.3 Å². The second-order valence-electron chi connectivity index (χ2n) is 9.08. The minimum absolute atomic E-state index is 0.00611. The van der Waals surface area contributed by atoms with E-state index in [2.05, 4.69) is 10.3 Å². The largest absolute Gasteiger partial charge is 0.446 e. The number of benzene rings is 1. The third-order valence-electron chi connectivity index (χ3n) is 6.06. The second-order valence-corrected chi connectivity index (χ2v) is 9.08. The topological polar surface area (TPSA) is 54.5 Å². The molecule has 0 spiro atoms. The predicted molar refractivity (Wildman–Crippen MR) is 118 cm³/mol. The Morgan fingerprint density at radius 1 is 1.00 bits per heavy atom. The predicted octanol–water partition coefficient (Wildman–Crippen LogP) is 7.33. The maximum atomic E-state index is 13.3. The lowest BCUT2D eigenvalue weighted by molar-refractivity contribution is -0.143. The lowest BCUT2D eigenvalue weighted by Gasteiger charge is -2.47. The number of fused-ring (bicyclic) bond motifs is 1. The molecule has 1 aromatic carbocycles. The Morgan fingerprint density at radius 3 is 2.05 bits per heavy atom. The summed E-state index contributed by atoms with van der Waals surface area (Å²) in [5, 5.41) is 2.89. The minimum Gasteiger partial charge on any atom is -0.446 e. The average molecular weight is 557 g/mol. The normalized spacial score (nSPS) is 18.5. The molecule has 3 rings (SSSR count). The van der Waals surface area contributed by atoms with E-state index in [1.807, 2.05) is 0 Å². The molecular formula is C24H24F9N3O2. The standard InChI is InChI=1S/C24H24F9N3O2/c1-4-21(34-12-14-9-15(22(25,26)27)11-16(10-14)23(28,29)30)8-7-17-18(36(21)20(37)38-13(2)3)5-6-19(35-17)24(31,32)33/h5-6,9-11,13,34H,4,7-8,12H2,1-3H3. The number of carbonyl (C=O) groups is 1. The van der Waals surface area contributed by atoms with E-state index in [1.54, 1.807) is 6.92 Å². The molecule has 0 saturated carbocycles. The maximum Gasteiger partial charge on any atom is 0.433 e. The number of alkyl halides is 9. The summed E-state index contributed by atoms with van der Waals surface area (Å²) in [5.74, 6) is 0. The molecule has 2 aromatic rings. The van der Waals surface area contributed by atoms with Gasteiger partial charge in [-0.25, -0.2) is 9.78 Å². The molecule has 0 fully saturated rings. The molecule has 5 nitrogen and oxygen atoms in total. The molecule has 1 atom stereocenters. The summed E-state index contributed by atoms with van der Waals surface area (Å²) in [6, 6.07) is 2.87. The Balaban J connectivity index is 2.05. The number of halogens is 9. The van der Waals surface area contributed by atoms with Crippen molar-refractivity contribution in [3.05, 3.63) is 58.4 Å². The first kappa shape index (κ1) is 29.5. The van der Waals surface area contributed by atoms with Gasteiger partial charge >= 0.3 is 24.6 Å². The number of ether oxygens (including phenoxy) is 1. The molecule has 1 aliphatic heterocycles. The van der Waals surface area contributed by atoms with Crippen LogP contribution in [0.4, 0.5) is 50.0 Å². The Hall–Kier alpha value is -3.03. The maximum absolute atomic E-state index is 13.3. The third kappa shape index (κ3) is 6.33. The number of hydrogen-bond donors (Lipinski definition) is 1. The number of aryl methyl sites for hydroxylation is 1. The van der Waals surface area contributed by atoms with E-state index in [9.17, 15) is 44.3 Å². The van der Waals surface area contributed by atoms with Crippen molar-refractivity contribution >= 4 is 11.8 Å². The number of nitrogens with zero attached hydrogens (tertiary/aromatic N) is 2. The number of hydrogen-bond acceptors (Lipinski definition) is 4. The molecule has 1 N–H and O–H groups in total. The molecule has 0 radical (unpaired) electrons. The molecule has 210 valence electrons. The van der Waals surface area contributed by atoms with Crippen molar-refractivity contribution in [2.24, 2.45) is 0 Å². The summed E-state index contributed by atoms with van der Waals surface area (Å²) >= 11 is 0. The van der Waals surface area contributed by atoms with Crippen molar-refractivity contribution in [2.75, 3.05) is 4.90 Å². The van der Waals surface area contributed by atoms with Gasteiger partial charge in [0, 0.05) is 6.54 Å². The van der Waals surface area contributed by atoms with Crippen LogP contribution in [0.5, 0.6) is 0 Å². The van der Waals surface area contributed by atoms with Crippen LogP contribution >= 0.6 is 0 Å². The molecule has 1 amide bonds. The fraction of sp³-hybridized carbons (Fsp3) is 0.500. The fourth-order valence-corrected chi connectivity index (χ4v) is 4.25. The quantitative estimate of drug-likeness (QED) is 0.391. The molecule has 38 heavy (non-hydrogen) atoms. The molecular weight excluding hydrogens is 533 g/mol. The highest BCUT2D eigenvalue weighted by Gasteiger charge is 2.46. The van der Waals surface area contributed by atoms with Gasteiger partial charge in [-0.2, -0.15) is 39.5 Å². The van der Waals surface area contributed by atoms with E-state index in [1.165, 1.54) is 13.8 Å². The van der Waals surface area contributed by atoms with Crippen molar-refractivity contribution < 1.29 is 49.0 Å². The first-order chi connectivity index (χ1) is 17.4. The van der Waals surface area contributed by atoms with Gasteiger partial charge in [-0.1, -0.05) is 6.92 Å². The number of aromatic nitrogens is 1. The van der Waals surface area contributed by atoms with Crippen LogP contribution in [0.15, 0.2) is 30.3 Å². The first-order valence-corrected chi connectivity index (χ1v) is 11.5. The van der Waals surface area contributed by atoms with Gasteiger partial charge < -0.3 is 4.74 Å². The number of nitrogens with one attached hydrogen (secondary N) is 1. The van der Waals surface area contributed by atoms with Gasteiger partial charge in [0.05, 0.1) is 28.6 Å². The summed E-state index contributed by atoms with van der Waals surface area (Å²) in [6.45, 7) is 4.17. The van der Waals surface area contributed by atoms with Crippen molar-refractivity contribution in [3.8, 4) is 0 Å². The van der Waals surface area contributed by atoms with Crippen molar-refractivity contribution in [1.82, 2.24) is 10.3 Å². The Labute approximate surface area is 212 Å². The molecule has 0 aliphatic carbocycles.